The Labute approximate surface area is 146 Å². The monoisotopic (exact) mass is 336 g/mol. The lowest BCUT2D eigenvalue weighted by Crippen LogP contribution is -2.35. The molecule has 1 heterocycles. The molecule has 24 heavy (non-hydrogen) atoms. The zero-order valence-electron chi connectivity index (χ0n) is 14.0. The molecule has 0 spiro atoms. The highest BCUT2D eigenvalue weighted by atomic mass is 32.1. The number of thiazole rings is 1. The maximum absolute atomic E-state index is 13.1. The van der Waals surface area contributed by atoms with Crippen molar-refractivity contribution in [3.8, 4) is 0 Å². The summed E-state index contributed by atoms with van der Waals surface area (Å²) in [7, 11) is 0. The molecule has 0 saturated heterocycles. The third-order valence-electron chi connectivity index (χ3n) is 4.90. The minimum absolute atomic E-state index is 0.138. The Hall–Kier alpha value is -2.20. The van der Waals surface area contributed by atoms with Crippen LogP contribution < -0.4 is 4.90 Å². The quantitative estimate of drug-likeness (QED) is 0.643. The Bertz CT molecular complexity index is 878. The van der Waals surface area contributed by atoms with Gasteiger partial charge in [-0.1, -0.05) is 36.0 Å². The summed E-state index contributed by atoms with van der Waals surface area (Å²) in [6.07, 6.45) is 3.13. The number of benzene rings is 2. The molecule has 122 valence electrons. The van der Waals surface area contributed by atoms with Gasteiger partial charge in [0.15, 0.2) is 5.13 Å². The summed E-state index contributed by atoms with van der Waals surface area (Å²) in [6.45, 7) is 4.18. The second kappa shape index (κ2) is 6.02. The maximum atomic E-state index is 13.1. The molecule has 1 saturated carbocycles. The van der Waals surface area contributed by atoms with Gasteiger partial charge >= 0.3 is 0 Å². The van der Waals surface area contributed by atoms with Crippen molar-refractivity contribution in [1.29, 1.82) is 0 Å². The first-order valence-electron chi connectivity index (χ1n) is 8.40. The number of hydrogen-bond acceptors (Lipinski definition) is 3. The second-order valence-electron chi connectivity index (χ2n) is 6.53. The lowest BCUT2D eigenvalue weighted by atomic mass is 9.84. The van der Waals surface area contributed by atoms with Gasteiger partial charge in [0, 0.05) is 5.92 Å². The van der Waals surface area contributed by atoms with E-state index in [0.29, 0.717) is 0 Å². The molecule has 1 aliphatic rings. The molecule has 2 aromatic carbocycles. The molecule has 1 aliphatic carbocycles. The molecule has 0 atom stereocenters. The topological polar surface area (TPSA) is 33.2 Å². The van der Waals surface area contributed by atoms with Crippen LogP contribution in [0.15, 0.2) is 42.5 Å². The molecule has 0 aliphatic heterocycles. The molecule has 4 heteroatoms. The van der Waals surface area contributed by atoms with Crippen LogP contribution in [0.4, 0.5) is 10.8 Å². The van der Waals surface area contributed by atoms with E-state index < -0.39 is 0 Å². The van der Waals surface area contributed by atoms with Gasteiger partial charge in [-0.05, 0) is 62.1 Å². The van der Waals surface area contributed by atoms with Gasteiger partial charge in [0.05, 0.1) is 15.9 Å². The third-order valence-corrected chi connectivity index (χ3v) is 5.92. The van der Waals surface area contributed by atoms with Crippen LogP contribution in [0, 0.1) is 19.8 Å². The van der Waals surface area contributed by atoms with Crippen molar-refractivity contribution in [3.05, 3.63) is 53.6 Å². The molecular formula is C20H20N2OS. The molecule has 0 unspecified atom stereocenters. The van der Waals surface area contributed by atoms with E-state index in [1.165, 1.54) is 11.1 Å². The summed E-state index contributed by atoms with van der Waals surface area (Å²) in [5.41, 5.74) is 4.31. The molecular weight excluding hydrogens is 316 g/mol. The van der Waals surface area contributed by atoms with Crippen LogP contribution in [0.25, 0.3) is 10.2 Å². The van der Waals surface area contributed by atoms with E-state index in [4.69, 9.17) is 4.98 Å². The Morgan fingerprint density at radius 2 is 1.92 bits per heavy atom. The van der Waals surface area contributed by atoms with Gasteiger partial charge in [-0.15, -0.1) is 0 Å². The molecule has 4 rings (SSSR count). The molecule has 0 N–H and O–H groups in total. The molecule has 0 radical (unpaired) electrons. The van der Waals surface area contributed by atoms with Crippen LogP contribution in [0.5, 0.6) is 0 Å². The highest BCUT2D eigenvalue weighted by Crippen LogP contribution is 2.38. The number of fused-ring (bicyclic) bond motifs is 1. The van der Waals surface area contributed by atoms with Crippen molar-refractivity contribution in [2.24, 2.45) is 5.92 Å². The van der Waals surface area contributed by atoms with E-state index >= 15 is 0 Å². The zero-order valence-corrected chi connectivity index (χ0v) is 14.8. The van der Waals surface area contributed by atoms with Gasteiger partial charge in [0.2, 0.25) is 5.91 Å². The van der Waals surface area contributed by atoms with E-state index in [1.807, 2.05) is 29.2 Å². The van der Waals surface area contributed by atoms with E-state index in [0.717, 1.165) is 40.3 Å². The second-order valence-corrected chi connectivity index (χ2v) is 7.54. The third kappa shape index (κ3) is 2.61. The van der Waals surface area contributed by atoms with Crippen LogP contribution in [0.1, 0.15) is 30.4 Å². The fourth-order valence-corrected chi connectivity index (χ4v) is 3.98. The van der Waals surface area contributed by atoms with E-state index in [2.05, 4.69) is 32.0 Å². The fourth-order valence-electron chi connectivity index (χ4n) is 2.99. The summed E-state index contributed by atoms with van der Waals surface area (Å²) in [5.74, 6) is 0.321. The lowest BCUT2D eigenvalue weighted by molar-refractivity contribution is -0.123. The van der Waals surface area contributed by atoms with Gasteiger partial charge in [-0.2, -0.15) is 0 Å². The van der Waals surface area contributed by atoms with Crippen LogP contribution in [-0.2, 0) is 4.79 Å². The molecule has 1 fully saturated rings. The molecule has 3 aromatic rings. The summed E-state index contributed by atoms with van der Waals surface area (Å²) in [6, 6.07) is 14.3. The number of para-hydroxylation sites is 1. The number of rotatable bonds is 3. The average molecular weight is 336 g/mol. The molecule has 0 bridgehead atoms. The first kappa shape index (κ1) is 15.3. The number of amides is 1. The van der Waals surface area contributed by atoms with Gasteiger partial charge in [-0.3, -0.25) is 9.69 Å². The first-order valence-corrected chi connectivity index (χ1v) is 9.22. The summed E-state index contributed by atoms with van der Waals surface area (Å²) < 4.78 is 1.11. The molecule has 1 aromatic heterocycles. The number of anilines is 2. The van der Waals surface area contributed by atoms with Crippen LogP contribution in [0.3, 0.4) is 0 Å². The first-order chi connectivity index (χ1) is 11.6. The maximum Gasteiger partial charge on any atom is 0.236 e. The molecule has 1 amide bonds. The lowest BCUT2D eigenvalue weighted by Gasteiger charge is -2.30. The van der Waals surface area contributed by atoms with Gasteiger partial charge in [-0.25, -0.2) is 4.98 Å². The molecule has 3 nitrogen and oxygen atoms in total. The Morgan fingerprint density at radius 3 is 2.58 bits per heavy atom. The highest BCUT2D eigenvalue weighted by molar-refractivity contribution is 7.22. The van der Waals surface area contributed by atoms with Crippen molar-refractivity contribution >= 4 is 38.3 Å². The number of hydrogen-bond donors (Lipinski definition) is 0. The number of aromatic nitrogens is 1. The van der Waals surface area contributed by atoms with Crippen molar-refractivity contribution in [3.63, 3.8) is 0 Å². The highest BCUT2D eigenvalue weighted by Gasteiger charge is 2.32. The number of carbonyl (C=O) groups excluding carboxylic acids is 1. The SMILES string of the molecule is Cc1ccc(N(C(=O)C2CCC2)c2nc3ccccc3s2)cc1C. The minimum Gasteiger partial charge on any atom is -0.274 e. The smallest absolute Gasteiger partial charge is 0.236 e. The average Bonchev–Trinajstić information content (AvgIpc) is 2.92. The van der Waals surface area contributed by atoms with Gasteiger partial charge < -0.3 is 0 Å². The van der Waals surface area contributed by atoms with Crippen LogP contribution >= 0.6 is 11.3 Å². The fraction of sp³-hybridized carbons (Fsp3) is 0.300. The summed E-state index contributed by atoms with van der Waals surface area (Å²) in [4.78, 5) is 19.7. The summed E-state index contributed by atoms with van der Waals surface area (Å²) in [5, 5.41) is 0.774. The van der Waals surface area contributed by atoms with E-state index in [1.54, 1.807) is 11.3 Å². The van der Waals surface area contributed by atoms with Crippen molar-refractivity contribution in [2.75, 3.05) is 4.90 Å². The number of carbonyl (C=O) groups is 1. The summed E-state index contributed by atoms with van der Waals surface area (Å²) >= 11 is 1.58. The van der Waals surface area contributed by atoms with Crippen LogP contribution in [0.2, 0.25) is 0 Å². The van der Waals surface area contributed by atoms with Crippen LogP contribution in [-0.4, -0.2) is 10.9 Å². The predicted molar refractivity (Wildman–Crippen MR) is 100 cm³/mol. The Kier molecular flexibility index (Phi) is 3.85. The number of nitrogens with zero attached hydrogens (tertiary/aromatic N) is 2. The zero-order chi connectivity index (χ0) is 16.7. The van der Waals surface area contributed by atoms with Crippen molar-refractivity contribution in [1.82, 2.24) is 4.98 Å². The van der Waals surface area contributed by atoms with E-state index in [-0.39, 0.29) is 11.8 Å². The van der Waals surface area contributed by atoms with Gasteiger partial charge in [0.25, 0.3) is 0 Å². The van der Waals surface area contributed by atoms with Crippen molar-refractivity contribution < 1.29 is 4.79 Å². The predicted octanol–water partition coefficient (Wildman–Crippen LogP) is 5.38. The normalized spacial score (nSPS) is 14.6. The largest absolute Gasteiger partial charge is 0.274 e. The van der Waals surface area contributed by atoms with Gasteiger partial charge in [0.1, 0.15) is 0 Å². The number of aryl methyl sites for hydroxylation is 2. The Morgan fingerprint density at radius 1 is 1.12 bits per heavy atom. The van der Waals surface area contributed by atoms with E-state index in [9.17, 15) is 4.79 Å². The standard InChI is InChI=1S/C20H20N2OS/c1-13-10-11-16(12-14(13)2)22(19(23)15-6-5-7-15)20-21-17-8-3-4-9-18(17)24-20/h3-4,8-12,15H,5-7H2,1-2H3. The minimum atomic E-state index is 0.138. The van der Waals surface area contributed by atoms with Crippen molar-refractivity contribution in [2.45, 2.75) is 33.1 Å². The Balaban J connectivity index is 1.82.